The van der Waals surface area contributed by atoms with Gasteiger partial charge in [-0.25, -0.2) is 13.9 Å². The number of aromatic amines is 3. The van der Waals surface area contributed by atoms with E-state index in [2.05, 4.69) is 202 Å². The highest BCUT2D eigenvalue weighted by molar-refractivity contribution is 9.09. The van der Waals surface area contributed by atoms with Crippen molar-refractivity contribution in [3.63, 3.8) is 0 Å². The number of para-hydroxylation sites is 3. The van der Waals surface area contributed by atoms with Crippen molar-refractivity contribution in [2.24, 2.45) is 0 Å². The third-order valence-corrected chi connectivity index (χ3v) is 18.0. The normalized spacial score (nSPS) is 11.7. The lowest BCUT2D eigenvalue weighted by atomic mass is 9.97. The molecule has 1 fully saturated rings. The molecule has 2 amide bonds. The van der Waals surface area contributed by atoms with Gasteiger partial charge < -0.3 is 64.0 Å². The molecule has 0 unspecified atom stereocenters. The number of rotatable bonds is 18. The summed E-state index contributed by atoms with van der Waals surface area (Å²) >= 11 is 3.27. The fraction of sp³-hybridized carbons (Fsp3) is 0.351. The van der Waals surface area contributed by atoms with Crippen LogP contribution in [0.4, 0.5) is 0 Å². The third kappa shape index (κ3) is 17.7. The van der Waals surface area contributed by atoms with Crippen LogP contribution in [0, 0.1) is 41.5 Å². The standard InChI is InChI=1S/C27H27N3O4.C23H24N2O2.C17H14N2.C6H11BrO2.2C2H6.2BrH/c1-17-21-16-29(14-7-3-4-10-25(33)34-30-23(31)11-12-24(30)32)15-13-19(21)18(2)27-26(17)20-8-5-6-9-22(20)28-27;1-15-19-14-25(12-7-3-4-10-21(26)27)13-11-17(19)16(2)23-22(15)18-8-5-6-9-20(18)24-23;1-10-14-9-18-8-7-12(14)11(2)17-16(10)13-5-3-4-6-15(13)19-17;7-5-3-1-2-4-6(8)9;2*1-2;;/h5-6,8-9,13,15-16H,3-4,7,10-12,14H2,1-2H3;5-6,8-9,11,13-14H,3-4,7,10,12H2,1-2H3,(H,26,27);3-9,19H,1-2H3;1-5H2,(H,8,9);2*1-2H3;2*1H. The molecule has 6 aromatic carbocycles. The van der Waals surface area contributed by atoms with Crippen molar-refractivity contribution in [1.82, 2.24) is 25.0 Å². The van der Waals surface area contributed by atoms with Crippen molar-refractivity contribution >= 4 is 143 Å². The van der Waals surface area contributed by atoms with Crippen LogP contribution in [-0.2, 0) is 41.9 Å². The number of hydrogen-bond acceptors (Lipinski definition) is 7. The van der Waals surface area contributed by atoms with E-state index in [9.17, 15) is 24.0 Å². The number of aryl methyl sites for hydroxylation is 8. The number of aromatic nitrogens is 6. The lowest BCUT2D eigenvalue weighted by Crippen LogP contribution is -3.00. The minimum Gasteiger partial charge on any atom is -1.00 e. The smallest absolute Gasteiger partial charge is 0.333 e. The van der Waals surface area contributed by atoms with Crippen LogP contribution < -0.4 is 43.1 Å². The lowest BCUT2D eigenvalue weighted by Gasteiger charge is -2.12. The second-order valence-corrected chi connectivity index (χ2v) is 24.2. The van der Waals surface area contributed by atoms with Gasteiger partial charge in [-0.05, 0) is 154 Å². The number of alkyl halides is 1. The van der Waals surface area contributed by atoms with Gasteiger partial charge in [0.1, 0.15) is 13.1 Å². The number of unbranched alkanes of at least 4 members (excludes halogenated alkanes) is 6. The van der Waals surface area contributed by atoms with Gasteiger partial charge in [-0.15, -0.1) is 5.06 Å². The summed E-state index contributed by atoms with van der Waals surface area (Å²) in [6.45, 7) is 22.9. The molecule has 502 valence electrons. The van der Waals surface area contributed by atoms with E-state index >= 15 is 0 Å². The fourth-order valence-corrected chi connectivity index (χ4v) is 13.1. The number of aliphatic carboxylic acids is 2. The van der Waals surface area contributed by atoms with Gasteiger partial charge in [0.15, 0.2) is 24.8 Å². The van der Waals surface area contributed by atoms with Crippen molar-refractivity contribution in [2.45, 2.75) is 172 Å². The first-order valence-corrected chi connectivity index (χ1v) is 34.1. The first kappa shape index (κ1) is 76.0. The Balaban J connectivity index is 0.000000210. The summed E-state index contributed by atoms with van der Waals surface area (Å²) < 4.78 is 4.44. The second kappa shape index (κ2) is 36.2. The number of benzene rings is 6. The molecule has 15 nitrogen and oxygen atoms in total. The van der Waals surface area contributed by atoms with Gasteiger partial charge in [-0.3, -0.25) is 24.2 Å². The Bertz CT molecular complexity index is 4650. The van der Waals surface area contributed by atoms with Crippen LogP contribution in [0.5, 0.6) is 0 Å². The Hall–Kier alpha value is -8.06. The molecule has 13 rings (SSSR count). The van der Waals surface area contributed by atoms with Gasteiger partial charge in [-0.2, -0.15) is 0 Å². The maximum absolute atomic E-state index is 11.9. The number of hydroxylamine groups is 2. The van der Waals surface area contributed by atoms with Crippen molar-refractivity contribution < 1.29 is 82.1 Å². The zero-order valence-electron chi connectivity index (χ0n) is 56.4. The number of H-pyrrole nitrogens is 3. The Morgan fingerprint density at radius 3 is 1.24 bits per heavy atom. The van der Waals surface area contributed by atoms with Crippen LogP contribution in [0.2, 0.25) is 0 Å². The molecular formula is C77H90Br3N7O8. The van der Waals surface area contributed by atoms with Gasteiger partial charge in [0.2, 0.25) is 0 Å². The molecule has 0 saturated carbocycles. The van der Waals surface area contributed by atoms with Crippen molar-refractivity contribution in [3.8, 4) is 0 Å². The quantitative estimate of drug-likeness (QED) is 0.0239. The summed E-state index contributed by atoms with van der Waals surface area (Å²) in [5.74, 6) is -2.81. The number of fused-ring (bicyclic) bond motifs is 12. The van der Waals surface area contributed by atoms with E-state index in [4.69, 9.17) is 15.1 Å². The molecule has 0 radical (unpaired) electrons. The van der Waals surface area contributed by atoms with Crippen molar-refractivity contribution in [2.75, 3.05) is 5.33 Å². The van der Waals surface area contributed by atoms with Crippen LogP contribution in [0.25, 0.3) is 97.7 Å². The number of carbonyl (C=O) groups is 5. The summed E-state index contributed by atoms with van der Waals surface area (Å²) in [4.78, 5) is 75.5. The maximum Gasteiger partial charge on any atom is 0.333 e. The number of carboxylic acid groups (broad SMARTS) is 2. The molecule has 12 aromatic rings. The molecule has 5 N–H and O–H groups in total. The third-order valence-electron chi connectivity index (χ3n) is 17.5. The van der Waals surface area contributed by atoms with Crippen LogP contribution in [0.3, 0.4) is 0 Å². The topological polar surface area (TPSA) is 206 Å². The highest BCUT2D eigenvalue weighted by Gasteiger charge is 2.32. The molecular weight excluding hydrogens is 1390 g/mol. The van der Waals surface area contributed by atoms with Crippen LogP contribution in [-0.4, -0.2) is 70.3 Å². The number of pyridine rings is 3. The number of amides is 2. The summed E-state index contributed by atoms with van der Waals surface area (Å²) in [6.07, 6.45) is 21.5. The van der Waals surface area contributed by atoms with E-state index in [0.29, 0.717) is 17.9 Å². The van der Waals surface area contributed by atoms with E-state index in [0.717, 1.165) is 75.3 Å². The molecule has 7 heterocycles. The molecule has 0 spiro atoms. The Labute approximate surface area is 585 Å². The summed E-state index contributed by atoms with van der Waals surface area (Å²) in [5, 5.41) is 33.9. The first-order valence-electron chi connectivity index (χ1n) is 33.0. The van der Waals surface area contributed by atoms with E-state index in [1.165, 1.54) is 126 Å². The van der Waals surface area contributed by atoms with Crippen molar-refractivity contribution in [3.05, 3.63) is 162 Å². The number of carboxylic acids is 2. The molecule has 1 aliphatic rings. The summed E-state index contributed by atoms with van der Waals surface area (Å²) in [5.41, 5.74) is 15.0. The average Bonchev–Trinajstić information content (AvgIpc) is 1.63. The Kier molecular flexibility index (Phi) is 28.9. The highest BCUT2D eigenvalue weighted by Crippen LogP contribution is 2.39. The number of nitrogens with zero attached hydrogens (tertiary/aromatic N) is 4. The van der Waals surface area contributed by atoms with Gasteiger partial charge >= 0.3 is 17.9 Å². The van der Waals surface area contributed by atoms with Crippen LogP contribution >= 0.6 is 15.9 Å². The molecule has 18 heteroatoms. The average molecular weight is 1480 g/mol. The minimum atomic E-state index is -0.706. The molecule has 95 heavy (non-hydrogen) atoms. The summed E-state index contributed by atoms with van der Waals surface area (Å²) in [7, 11) is 0. The number of nitrogens with one attached hydrogen (secondary N) is 3. The number of hydrogen-bond donors (Lipinski definition) is 5. The SMILES string of the molecule is CC.CC.Cc1c2cc[n+](CCCCCC(=O)O)cc2c(C)c2c1[nH]c1ccccc12.Cc1c2cc[n+](CCCCCC(=O)ON3C(=O)CCC3=O)cc2c(C)c2c1[nH]c1ccccc12.Cc1c2ccncc2c(C)c2c1[nH]c1ccccc12.O=C(O)CCCCCBr.[Br-].[Br-]. The van der Waals surface area contributed by atoms with E-state index in [1.54, 1.807) is 0 Å². The summed E-state index contributed by atoms with van der Waals surface area (Å²) in [6, 6.07) is 31.9. The van der Waals surface area contributed by atoms with Gasteiger partial charge in [0, 0.05) is 140 Å². The van der Waals surface area contributed by atoms with Gasteiger partial charge in [0.25, 0.3) is 11.8 Å². The lowest BCUT2D eigenvalue weighted by molar-refractivity contribution is -0.696. The second-order valence-electron chi connectivity index (χ2n) is 23.4. The largest absolute Gasteiger partial charge is 1.00 e. The number of imide groups is 1. The predicted octanol–water partition coefficient (Wildman–Crippen LogP) is 12.1. The predicted molar refractivity (Wildman–Crippen MR) is 381 cm³/mol. The van der Waals surface area contributed by atoms with E-state index < -0.39 is 29.7 Å². The monoisotopic (exact) mass is 1480 g/mol. The van der Waals surface area contributed by atoms with Crippen LogP contribution in [0.15, 0.2) is 128 Å². The molecule has 1 aliphatic heterocycles. The number of halogens is 3. The number of carbonyl (C=O) groups excluding carboxylic acids is 3. The minimum absolute atomic E-state index is 0. The zero-order chi connectivity index (χ0) is 66.9. The van der Waals surface area contributed by atoms with Gasteiger partial charge in [-0.1, -0.05) is 105 Å². The van der Waals surface area contributed by atoms with E-state index in [1.807, 2.05) is 40.1 Å². The fourth-order valence-electron chi connectivity index (χ4n) is 12.7. The first-order chi connectivity index (χ1) is 45.0. The van der Waals surface area contributed by atoms with Crippen molar-refractivity contribution in [1.29, 1.82) is 0 Å². The molecule has 0 bridgehead atoms. The highest BCUT2D eigenvalue weighted by atomic mass is 79.9. The Morgan fingerprint density at radius 2 is 0.842 bits per heavy atom. The van der Waals surface area contributed by atoms with Gasteiger partial charge in [0.05, 0.1) is 16.6 Å². The molecule has 0 aliphatic carbocycles. The van der Waals surface area contributed by atoms with Crippen LogP contribution in [0.1, 0.15) is 151 Å². The molecule has 0 atom stereocenters. The Morgan fingerprint density at radius 1 is 0.474 bits per heavy atom. The molecule has 6 aromatic heterocycles. The zero-order valence-corrected chi connectivity index (χ0v) is 61.2. The maximum atomic E-state index is 11.9. The molecule has 1 saturated heterocycles. The van der Waals surface area contributed by atoms with E-state index in [-0.39, 0.29) is 59.6 Å².